The third-order valence-electron chi connectivity index (χ3n) is 4.54. The molecule has 2 atom stereocenters. The van der Waals surface area contributed by atoms with Crippen LogP contribution in [0.4, 0.5) is 0 Å². The smallest absolute Gasteiger partial charge is 0.340 e. The molecular weight excluding hydrogens is 276 g/mol. The molecule has 0 saturated heterocycles. The zero-order valence-electron chi connectivity index (χ0n) is 14.0. The van der Waals surface area contributed by atoms with Gasteiger partial charge in [0.15, 0.2) is 0 Å². The van der Waals surface area contributed by atoms with E-state index in [4.69, 9.17) is 9.47 Å². The van der Waals surface area contributed by atoms with Gasteiger partial charge in [0, 0.05) is 0 Å². The monoisotopic (exact) mass is 304 g/mol. The van der Waals surface area contributed by atoms with Gasteiger partial charge in [-0.1, -0.05) is 45.2 Å². The lowest BCUT2D eigenvalue weighted by Crippen LogP contribution is -2.26. The van der Waals surface area contributed by atoms with Crippen LogP contribution in [0.25, 0.3) is 0 Å². The van der Waals surface area contributed by atoms with Crippen LogP contribution in [0, 0.1) is 0 Å². The number of carbonyl (C=O) groups excluding carboxylic acids is 1. The Labute approximate surface area is 134 Å². The van der Waals surface area contributed by atoms with E-state index in [1.807, 2.05) is 24.3 Å². The molecule has 3 nitrogen and oxygen atoms in total. The Morgan fingerprint density at radius 1 is 1.14 bits per heavy atom. The van der Waals surface area contributed by atoms with Gasteiger partial charge in [-0.3, -0.25) is 0 Å². The minimum Gasteiger partial charge on any atom is -0.432 e. The van der Waals surface area contributed by atoms with Crippen LogP contribution in [0.15, 0.2) is 24.3 Å². The second-order valence-corrected chi connectivity index (χ2v) is 6.30. The van der Waals surface area contributed by atoms with Crippen LogP contribution in [0.1, 0.15) is 81.1 Å². The highest BCUT2D eigenvalue weighted by atomic mass is 16.7. The van der Waals surface area contributed by atoms with Crippen molar-refractivity contribution in [1.82, 2.24) is 0 Å². The molecule has 0 aliphatic heterocycles. The molecule has 1 aromatic carbocycles. The van der Waals surface area contributed by atoms with Crippen molar-refractivity contribution in [3.8, 4) is 0 Å². The Hall–Kier alpha value is -1.35. The molecule has 0 heterocycles. The van der Waals surface area contributed by atoms with E-state index in [1.54, 1.807) is 6.92 Å². The highest BCUT2D eigenvalue weighted by Gasteiger charge is 2.19. The quantitative estimate of drug-likeness (QED) is 0.545. The predicted octanol–water partition coefficient (Wildman–Crippen LogP) is 5.05. The van der Waals surface area contributed by atoms with E-state index in [0.29, 0.717) is 11.5 Å². The Morgan fingerprint density at radius 2 is 1.77 bits per heavy atom. The summed E-state index contributed by atoms with van der Waals surface area (Å²) in [6.07, 6.45) is 6.71. The van der Waals surface area contributed by atoms with Crippen molar-refractivity contribution >= 4 is 5.97 Å². The topological polar surface area (TPSA) is 35.5 Å². The Balaban J connectivity index is 1.85. The first-order valence-electron chi connectivity index (χ1n) is 8.56. The molecular formula is C19H28O3. The number of esters is 1. The number of hydrogen-bond donors (Lipinski definition) is 0. The molecule has 3 heteroatoms. The second-order valence-electron chi connectivity index (χ2n) is 6.30. The molecule has 22 heavy (non-hydrogen) atoms. The van der Waals surface area contributed by atoms with Crippen molar-refractivity contribution in [1.29, 1.82) is 0 Å². The molecule has 1 aliphatic rings. The summed E-state index contributed by atoms with van der Waals surface area (Å²) in [6.45, 7) is 6.16. The highest BCUT2D eigenvalue weighted by molar-refractivity contribution is 5.89. The fourth-order valence-electron chi connectivity index (χ4n) is 2.90. The van der Waals surface area contributed by atoms with Crippen molar-refractivity contribution in [2.24, 2.45) is 0 Å². The molecule has 1 fully saturated rings. The normalized spacial score (nSPS) is 18.7. The first-order valence-corrected chi connectivity index (χ1v) is 8.56. The molecule has 122 valence electrons. The zero-order valence-corrected chi connectivity index (χ0v) is 14.0. The first kappa shape index (κ1) is 17.0. The maximum Gasteiger partial charge on any atom is 0.340 e. The van der Waals surface area contributed by atoms with E-state index in [9.17, 15) is 4.79 Å². The van der Waals surface area contributed by atoms with Crippen LogP contribution in [-0.2, 0) is 9.47 Å². The molecule has 2 rings (SSSR count). The van der Waals surface area contributed by atoms with Crippen LogP contribution in [-0.4, -0.2) is 18.4 Å². The Kier molecular flexibility index (Phi) is 6.44. The fourth-order valence-corrected chi connectivity index (χ4v) is 2.90. The fraction of sp³-hybridized carbons (Fsp3) is 0.632. The number of hydrogen-bond acceptors (Lipinski definition) is 3. The summed E-state index contributed by atoms with van der Waals surface area (Å²) in [4.78, 5) is 12.1. The van der Waals surface area contributed by atoms with Gasteiger partial charge in [-0.05, 0) is 49.8 Å². The van der Waals surface area contributed by atoms with Gasteiger partial charge in [0.05, 0.1) is 11.7 Å². The SMILES string of the molecule is CCC(C)c1ccc(C(=O)OC(C)OC2CCCCC2)cc1. The molecule has 2 unspecified atom stereocenters. The minimum absolute atomic E-state index is 0.240. The molecule has 1 aliphatic carbocycles. The van der Waals surface area contributed by atoms with E-state index >= 15 is 0 Å². The van der Waals surface area contributed by atoms with Gasteiger partial charge in [0.25, 0.3) is 0 Å². The van der Waals surface area contributed by atoms with Gasteiger partial charge in [-0.2, -0.15) is 0 Å². The lowest BCUT2D eigenvalue weighted by Gasteiger charge is -2.25. The number of ether oxygens (including phenoxy) is 2. The average molecular weight is 304 g/mol. The number of rotatable bonds is 6. The highest BCUT2D eigenvalue weighted by Crippen LogP contribution is 2.22. The second kappa shape index (κ2) is 8.33. The van der Waals surface area contributed by atoms with E-state index in [-0.39, 0.29) is 12.1 Å². The van der Waals surface area contributed by atoms with E-state index in [0.717, 1.165) is 19.3 Å². The predicted molar refractivity (Wildman–Crippen MR) is 88.0 cm³/mol. The molecule has 0 amide bonds. The molecule has 0 spiro atoms. The third kappa shape index (κ3) is 4.84. The summed E-state index contributed by atoms with van der Waals surface area (Å²) in [5.74, 6) is 0.206. The van der Waals surface area contributed by atoms with E-state index in [2.05, 4.69) is 13.8 Å². The summed E-state index contributed by atoms with van der Waals surface area (Å²) in [5.41, 5.74) is 1.84. The molecule has 1 aromatic rings. The van der Waals surface area contributed by atoms with Crippen molar-refractivity contribution in [2.45, 2.75) is 77.6 Å². The third-order valence-corrected chi connectivity index (χ3v) is 4.54. The lowest BCUT2D eigenvalue weighted by atomic mass is 9.98. The van der Waals surface area contributed by atoms with Crippen LogP contribution >= 0.6 is 0 Å². The zero-order chi connectivity index (χ0) is 15.9. The van der Waals surface area contributed by atoms with E-state index in [1.165, 1.54) is 24.8 Å². The number of carbonyl (C=O) groups is 1. The van der Waals surface area contributed by atoms with Crippen molar-refractivity contribution in [3.05, 3.63) is 35.4 Å². The summed E-state index contributed by atoms with van der Waals surface area (Å²) < 4.78 is 11.2. The van der Waals surface area contributed by atoms with Crippen LogP contribution in [0.2, 0.25) is 0 Å². The van der Waals surface area contributed by atoms with Crippen LogP contribution < -0.4 is 0 Å². The summed E-state index contributed by atoms with van der Waals surface area (Å²) in [6, 6.07) is 7.71. The van der Waals surface area contributed by atoms with Gasteiger partial charge in [-0.15, -0.1) is 0 Å². The Morgan fingerprint density at radius 3 is 2.36 bits per heavy atom. The molecule has 0 N–H and O–H groups in total. The maximum absolute atomic E-state index is 12.1. The van der Waals surface area contributed by atoms with Gasteiger partial charge >= 0.3 is 5.97 Å². The first-order chi connectivity index (χ1) is 10.6. The van der Waals surface area contributed by atoms with Gasteiger partial charge in [0.2, 0.25) is 6.29 Å². The average Bonchev–Trinajstić information content (AvgIpc) is 2.55. The van der Waals surface area contributed by atoms with Crippen molar-refractivity contribution in [2.75, 3.05) is 0 Å². The van der Waals surface area contributed by atoms with Gasteiger partial charge in [-0.25, -0.2) is 4.79 Å². The number of benzene rings is 1. The molecule has 0 radical (unpaired) electrons. The van der Waals surface area contributed by atoms with Crippen LogP contribution in [0.5, 0.6) is 0 Å². The summed E-state index contributed by atoms with van der Waals surface area (Å²) >= 11 is 0. The van der Waals surface area contributed by atoms with Gasteiger partial charge < -0.3 is 9.47 Å². The molecule has 1 saturated carbocycles. The van der Waals surface area contributed by atoms with Crippen molar-refractivity contribution in [3.63, 3.8) is 0 Å². The summed E-state index contributed by atoms with van der Waals surface area (Å²) in [7, 11) is 0. The maximum atomic E-state index is 12.1. The largest absolute Gasteiger partial charge is 0.432 e. The summed E-state index contributed by atoms with van der Waals surface area (Å²) in [5, 5.41) is 0. The van der Waals surface area contributed by atoms with Crippen LogP contribution in [0.3, 0.4) is 0 Å². The molecule has 0 aromatic heterocycles. The standard InChI is InChI=1S/C19H28O3/c1-4-14(2)16-10-12-17(13-11-16)19(20)22-15(3)21-18-8-6-5-7-9-18/h10-15,18H,4-9H2,1-3H3. The molecule has 0 bridgehead atoms. The Bertz CT molecular complexity index is 460. The van der Waals surface area contributed by atoms with Crippen molar-refractivity contribution < 1.29 is 14.3 Å². The minimum atomic E-state index is -0.482. The van der Waals surface area contributed by atoms with E-state index < -0.39 is 6.29 Å². The lowest BCUT2D eigenvalue weighted by molar-refractivity contribution is -0.137. The van der Waals surface area contributed by atoms with Gasteiger partial charge in [0.1, 0.15) is 0 Å².